The molecule has 0 aromatic heterocycles. The fraction of sp³-hybridized carbons (Fsp3) is 0.462. The van der Waals surface area contributed by atoms with Crippen molar-refractivity contribution >= 4 is 21.8 Å². The molecule has 0 N–H and O–H groups in total. The van der Waals surface area contributed by atoms with Gasteiger partial charge in [0.1, 0.15) is 0 Å². The summed E-state index contributed by atoms with van der Waals surface area (Å²) in [5.74, 6) is 0.166. The van der Waals surface area contributed by atoms with Crippen molar-refractivity contribution in [3.05, 3.63) is 34.9 Å². The highest BCUT2D eigenvalue weighted by Gasteiger charge is 2.25. The van der Waals surface area contributed by atoms with E-state index in [9.17, 15) is 4.79 Å². The lowest BCUT2D eigenvalue weighted by Crippen LogP contribution is -2.29. The summed E-state index contributed by atoms with van der Waals surface area (Å²) in [5.41, 5.74) is 3.11. The smallest absolute Gasteiger partial charge is 0.254 e. The zero-order chi connectivity index (χ0) is 11.7. The van der Waals surface area contributed by atoms with Gasteiger partial charge in [0.2, 0.25) is 0 Å². The number of aryl methyl sites for hydroxylation is 2. The van der Waals surface area contributed by atoms with E-state index < -0.39 is 0 Å². The summed E-state index contributed by atoms with van der Waals surface area (Å²) in [6.07, 6.45) is 1.05. The maximum Gasteiger partial charge on any atom is 0.254 e. The fourth-order valence-electron chi connectivity index (χ4n) is 2.13. The van der Waals surface area contributed by atoms with E-state index in [0.29, 0.717) is 4.83 Å². The van der Waals surface area contributed by atoms with Crippen LogP contribution in [0.4, 0.5) is 0 Å². The minimum atomic E-state index is 0.166. The van der Waals surface area contributed by atoms with Gasteiger partial charge in [-0.3, -0.25) is 4.79 Å². The summed E-state index contributed by atoms with van der Waals surface area (Å²) in [6, 6.07) is 6.01. The number of alkyl halides is 1. The molecule has 0 bridgehead atoms. The third-order valence-corrected chi connectivity index (χ3v) is 3.78. The zero-order valence-electron chi connectivity index (χ0n) is 9.66. The molecule has 1 aromatic carbocycles. The van der Waals surface area contributed by atoms with Crippen LogP contribution in [-0.4, -0.2) is 28.7 Å². The van der Waals surface area contributed by atoms with E-state index in [1.54, 1.807) is 0 Å². The van der Waals surface area contributed by atoms with Crippen molar-refractivity contribution in [3.8, 4) is 0 Å². The number of hydrogen-bond donors (Lipinski definition) is 0. The number of amides is 1. The molecule has 1 aliphatic heterocycles. The van der Waals surface area contributed by atoms with Crippen LogP contribution in [0.2, 0.25) is 0 Å². The van der Waals surface area contributed by atoms with E-state index in [-0.39, 0.29) is 5.91 Å². The summed E-state index contributed by atoms with van der Waals surface area (Å²) in [4.78, 5) is 14.6. The maximum absolute atomic E-state index is 12.2. The molecule has 3 heteroatoms. The number of benzene rings is 1. The average molecular weight is 282 g/mol. The average Bonchev–Trinajstić information content (AvgIpc) is 2.64. The molecule has 1 aromatic rings. The number of carbonyl (C=O) groups excluding carboxylic acids is 1. The van der Waals surface area contributed by atoms with Crippen molar-refractivity contribution in [1.82, 2.24) is 4.90 Å². The van der Waals surface area contributed by atoms with Gasteiger partial charge in [-0.2, -0.15) is 0 Å². The molecule has 1 atom stereocenters. The van der Waals surface area contributed by atoms with Gasteiger partial charge in [0.25, 0.3) is 5.91 Å². The predicted octanol–water partition coefficient (Wildman–Crippen LogP) is 2.91. The quantitative estimate of drug-likeness (QED) is 0.725. The predicted molar refractivity (Wildman–Crippen MR) is 69.2 cm³/mol. The van der Waals surface area contributed by atoms with Crippen LogP contribution in [0.1, 0.15) is 27.9 Å². The van der Waals surface area contributed by atoms with Crippen molar-refractivity contribution in [2.75, 3.05) is 13.1 Å². The highest BCUT2D eigenvalue weighted by Crippen LogP contribution is 2.20. The molecule has 16 heavy (non-hydrogen) atoms. The number of likely N-dealkylation sites (tertiary alicyclic amines) is 1. The molecule has 1 amide bonds. The van der Waals surface area contributed by atoms with Gasteiger partial charge in [0, 0.05) is 23.5 Å². The van der Waals surface area contributed by atoms with Gasteiger partial charge in [-0.25, -0.2) is 0 Å². The number of halogens is 1. The first-order valence-electron chi connectivity index (χ1n) is 5.58. The summed E-state index contributed by atoms with van der Waals surface area (Å²) in [6.45, 7) is 5.74. The summed E-state index contributed by atoms with van der Waals surface area (Å²) in [7, 11) is 0. The molecule has 1 heterocycles. The Hall–Kier alpha value is -0.830. The Bertz CT molecular complexity index is 416. The molecular weight excluding hydrogens is 266 g/mol. The van der Waals surface area contributed by atoms with Crippen molar-refractivity contribution in [2.24, 2.45) is 0 Å². The third-order valence-electron chi connectivity index (χ3n) is 3.03. The van der Waals surface area contributed by atoms with Crippen molar-refractivity contribution < 1.29 is 4.79 Å². The number of rotatable bonds is 1. The standard InChI is InChI=1S/C13H16BrNO/c1-9-3-4-12(10(2)7-9)13(16)15-6-5-11(14)8-15/h3-4,7,11H,5-6,8H2,1-2H3. The maximum atomic E-state index is 12.2. The minimum absolute atomic E-state index is 0.166. The summed E-state index contributed by atoms with van der Waals surface area (Å²) in [5, 5.41) is 0. The Kier molecular flexibility index (Phi) is 3.33. The Morgan fingerprint density at radius 1 is 1.44 bits per heavy atom. The molecule has 2 rings (SSSR count). The summed E-state index contributed by atoms with van der Waals surface area (Å²) >= 11 is 3.56. The molecule has 2 nitrogen and oxygen atoms in total. The molecule has 1 unspecified atom stereocenters. The Balaban J connectivity index is 2.21. The van der Waals surface area contributed by atoms with E-state index in [2.05, 4.69) is 22.0 Å². The van der Waals surface area contributed by atoms with Gasteiger partial charge in [-0.15, -0.1) is 0 Å². The van der Waals surface area contributed by atoms with Gasteiger partial charge in [0.15, 0.2) is 0 Å². The molecule has 0 spiro atoms. The van der Waals surface area contributed by atoms with Crippen LogP contribution >= 0.6 is 15.9 Å². The molecule has 86 valence electrons. The fourth-order valence-corrected chi connectivity index (χ4v) is 2.68. The van der Waals surface area contributed by atoms with E-state index in [1.165, 1.54) is 5.56 Å². The van der Waals surface area contributed by atoms with Crippen molar-refractivity contribution in [1.29, 1.82) is 0 Å². The van der Waals surface area contributed by atoms with Crippen LogP contribution < -0.4 is 0 Å². The van der Waals surface area contributed by atoms with Gasteiger partial charge in [0.05, 0.1) is 0 Å². The zero-order valence-corrected chi connectivity index (χ0v) is 11.3. The minimum Gasteiger partial charge on any atom is -0.337 e. The highest BCUT2D eigenvalue weighted by molar-refractivity contribution is 9.09. The first-order valence-corrected chi connectivity index (χ1v) is 6.50. The Morgan fingerprint density at radius 2 is 2.19 bits per heavy atom. The first kappa shape index (κ1) is 11.6. The highest BCUT2D eigenvalue weighted by atomic mass is 79.9. The topological polar surface area (TPSA) is 20.3 Å². The Labute approximate surface area is 105 Å². The number of nitrogens with zero attached hydrogens (tertiary/aromatic N) is 1. The number of hydrogen-bond acceptors (Lipinski definition) is 1. The van der Waals surface area contributed by atoms with Gasteiger partial charge >= 0.3 is 0 Å². The molecule has 1 aliphatic rings. The van der Waals surface area contributed by atoms with Gasteiger partial charge < -0.3 is 4.90 Å². The lowest BCUT2D eigenvalue weighted by Gasteiger charge is -2.17. The SMILES string of the molecule is Cc1ccc(C(=O)N2CCC(Br)C2)c(C)c1. The van der Waals surface area contributed by atoms with Crippen molar-refractivity contribution in [3.63, 3.8) is 0 Å². The Morgan fingerprint density at radius 3 is 2.75 bits per heavy atom. The lowest BCUT2D eigenvalue weighted by molar-refractivity contribution is 0.0793. The number of carbonyl (C=O) groups is 1. The van der Waals surface area contributed by atoms with E-state index >= 15 is 0 Å². The van der Waals surface area contributed by atoms with Crippen LogP contribution in [0.25, 0.3) is 0 Å². The van der Waals surface area contributed by atoms with Crippen LogP contribution in [0, 0.1) is 13.8 Å². The molecular formula is C13H16BrNO. The van der Waals surface area contributed by atoms with E-state index in [0.717, 1.165) is 30.6 Å². The van der Waals surface area contributed by atoms with Crippen LogP contribution in [0.15, 0.2) is 18.2 Å². The van der Waals surface area contributed by atoms with Crippen LogP contribution in [0.3, 0.4) is 0 Å². The normalized spacial score (nSPS) is 20.2. The second-order valence-electron chi connectivity index (χ2n) is 4.46. The van der Waals surface area contributed by atoms with Crippen molar-refractivity contribution in [2.45, 2.75) is 25.1 Å². The molecule has 1 fully saturated rings. The van der Waals surface area contributed by atoms with E-state index in [4.69, 9.17) is 0 Å². The third kappa shape index (κ3) is 2.29. The monoisotopic (exact) mass is 281 g/mol. The molecule has 0 saturated carbocycles. The van der Waals surface area contributed by atoms with Crippen LogP contribution in [-0.2, 0) is 0 Å². The lowest BCUT2D eigenvalue weighted by atomic mass is 10.0. The summed E-state index contributed by atoms with van der Waals surface area (Å²) < 4.78 is 0. The second kappa shape index (κ2) is 4.58. The van der Waals surface area contributed by atoms with Gasteiger partial charge in [-0.1, -0.05) is 33.6 Å². The molecule has 0 aliphatic carbocycles. The largest absolute Gasteiger partial charge is 0.337 e. The second-order valence-corrected chi connectivity index (χ2v) is 5.75. The molecule has 1 saturated heterocycles. The first-order chi connectivity index (χ1) is 7.58. The van der Waals surface area contributed by atoms with Gasteiger partial charge in [-0.05, 0) is 31.9 Å². The van der Waals surface area contributed by atoms with E-state index in [1.807, 2.05) is 30.9 Å². The molecule has 0 radical (unpaired) electrons. The van der Waals surface area contributed by atoms with Crippen LogP contribution in [0.5, 0.6) is 0 Å².